The van der Waals surface area contributed by atoms with E-state index in [1.165, 1.54) is 58.2 Å². The zero-order valence-electron chi connectivity index (χ0n) is 10.2. The van der Waals surface area contributed by atoms with Crippen molar-refractivity contribution in [1.82, 2.24) is 4.90 Å². The van der Waals surface area contributed by atoms with Gasteiger partial charge in [0.15, 0.2) is 0 Å². The smallest absolute Gasteiger partial charge is 0.0506 e. The van der Waals surface area contributed by atoms with Gasteiger partial charge in [0, 0.05) is 26.2 Å². The van der Waals surface area contributed by atoms with Crippen molar-refractivity contribution < 1.29 is 4.74 Å². The second kappa shape index (κ2) is 4.89. The maximum Gasteiger partial charge on any atom is 0.0506 e. The van der Waals surface area contributed by atoms with E-state index >= 15 is 0 Å². The third-order valence-corrected chi connectivity index (χ3v) is 4.23. The van der Waals surface area contributed by atoms with Crippen LogP contribution in [0.1, 0.15) is 38.5 Å². The molecule has 0 radical (unpaired) electrons. The Hall–Kier alpha value is -0.340. The molecule has 2 heterocycles. The molecule has 3 aliphatic rings. The van der Waals surface area contributed by atoms with E-state index in [0.29, 0.717) is 0 Å². The summed E-state index contributed by atoms with van der Waals surface area (Å²) in [6, 6.07) is 0. The molecule has 16 heavy (non-hydrogen) atoms. The summed E-state index contributed by atoms with van der Waals surface area (Å²) in [5.41, 5.74) is 3.59. The van der Waals surface area contributed by atoms with E-state index in [1.807, 2.05) is 0 Å². The third kappa shape index (κ3) is 2.67. The summed E-state index contributed by atoms with van der Waals surface area (Å²) in [6.07, 6.45) is 8.17. The first-order valence-electron chi connectivity index (χ1n) is 6.91. The summed E-state index contributed by atoms with van der Waals surface area (Å²) in [4.78, 5) is 2.66. The molecule has 1 atom stereocenters. The molecule has 0 spiro atoms. The predicted octanol–water partition coefficient (Wildman–Crippen LogP) is 2.60. The molecule has 1 unspecified atom stereocenters. The van der Waals surface area contributed by atoms with Gasteiger partial charge >= 0.3 is 0 Å². The molecule has 0 bridgehead atoms. The average molecular weight is 221 g/mol. The molecule has 3 fully saturated rings. The van der Waals surface area contributed by atoms with E-state index in [9.17, 15) is 0 Å². The lowest BCUT2D eigenvalue weighted by Gasteiger charge is -2.33. The summed E-state index contributed by atoms with van der Waals surface area (Å²) in [5, 5.41) is 0. The van der Waals surface area contributed by atoms with Gasteiger partial charge in [0.25, 0.3) is 0 Å². The molecule has 2 heteroatoms. The van der Waals surface area contributed by atoms with Gasteiger partial charge < -0.3 is 9.64 Å². The molecule has 3 rings (SSSR count). The van der Waals surface area contributed by atoms with Crippen LogP contribution < -0.4 is 0 Å². The Morgan fingerprint density at radius 1 is 1.06 bits per heavy atom. The van der Waals surface area contributed by atoms with Crippen molar-refractivity contribution >= 4 is 0 Å². The van der Waals surface area contributed by atoms with Crippen LogP contribution in [0.4, 0.5) is 0 Å². The van der Waals surface area contributed by atoms with Crippen molar-refractivity contribution in [2.75, 3.05) is 32.8 Å². The second-order valence-electron chi connectivity index (χ2n) is 5.59. The molecule has 0 aromatic rings. The molecule has 0 amide bonds. The standard InChI is InChI=1S/C14H23NO/c1-2-12(11-16-9-1)10-15-7-5-14(6-8-15)13-3-4-13/h12H,1-11H2. The lowest BCUT2D eigenvalue weighted by atomic mass is 9.98. The van der Waals surface area contributed by atoms with E-state index in [4.69, 9.17) is 4.74 Å². The van der Waals surface area contributed by atoms with Gasteiger partial charge in [-0.25, -0.2) is 0 Å². The van der Waals surface area contributed by atoms with Gasteiger partial charge in [-0.1, -0.05) is 11.1 Å². The van der Waals surface area contributed by atoms with Crippen LogP contribution in [0.2, 0.25) is 0 Å². The van der Waals surface area contributed by atoms with Crippen molar-refractivity contribution in [2.24, 2.45) is 5.92 Å². The number of ether oxygens (including phenoxy) is 1. The summed E-state index contributed by atoms with van der Waals surface area (Å²) < 4.78 is 5.56. The molecule has 90 valence electrons. The lowest BCUT2D eigenvalue weighted by molar-refractivity contribution is 0.0373. The van der Waals surface area contributed by atoms with Gasteiger partial charge in [-0.05, 0) is 44.4 Å². The lowest BCUT2D eigenvalue weighted by Crippen LogP contribution is -2.37. The predicted molar refractivity (Wildman–Crippen MR) is 65.5 cm³/mol. The average Bonchev–Trinajstić information content (AvgIpc) is 3.15. The van der Waals surface area contributed by atoms with E-state index < -0.39 is 0 Å². The monoisotopic (exact) mass is 221 g/mol. The van der Waals surface area contributed by atoms with Crippen molar-refractivity contribution in [3.05, 3.63) is 11.1 Å². The van der Waals surface area contributed by atoms with Crippen LogP contribution >= 0.6 is 0 Å². The Labute approximate surface area is 98.6 Å². The first-order chi connectivity index (χ1) is 7.92. The fourth-order valence-corrected chi connectivity index (χ4v) is 3.09. The molecule has 0 aromatic heterocycles. The Bertz CT molecular complexity index is 262. The van der Waals surface area contributed by atoms with Gasteiger partial charge in [-0.2, -0.15) is 0 Å². The highest BCUT2D eigenvalue weighted by atomic mass is 16.5. The van der Waals surface area contributed by atoms with Crippen molar-refractivity contribution in [3.63, 3.8) is 0 Å². The van der Waals surface area contributed by atoms with Crippen molar-refractivity contribution in [1.29, 1.82) is 0 Å². The van der Waals surface area contributed by atoms with Gasteiger partial charge in [0.2, 0.25) is 0 Å². The largest absolute Gasteiger partial charge is 0.381 e. The Kier molecular flexibility index (Phi) is 3.30. The van der Waals surface area contributed by atoms with Crippen LogP contribution in [-0.4, -0.2) is 37.7 Å². The third-order valence-electron chi connectivity index (χ3n) is 4.23. The zero-order chi connectivity index (χ0) is 10.8. The normalized spacial score (nSPS) is 31.9. The quantitative estimate of drug-likeness (QED) is 0.665. The van der Waals surface area contributed by atoms with Crippen LogP contribution in [0.3, 0.4) is 0 Å². The zero-order valence-corrected chi connectivity index (χ0v) is 10.2. The van der Waals surface area contributed by atoms with Gasteiger partial charge in [0.1, 0.15) is 0 Å². The molecule has 0 N–H and O–H groups in total. The highest BCUT2D eigenvalue weighted by Crippen LogP contribution is 2.36. The SMILES string of the molecule is C1COCC(CN2CCC(=C3CC3)CC2)C1. The highest BCUT2D eigenvalue weighted by molar-refractivity contribution is 5.26. The van der Waals surface area contributed by atoms with Gasteiger partial charge in [0.05, 0.1) is 6.61 Å². The van der Waals surface area contributed by atoms with Crippen LogP contribution in [0, 0.1) is 5.92 Å². The molecule has 2 nitrogen and oxygen atoms in total. The highest BCUT2D eigenvalue weighted by Gasteiger charge is 2.24. The Morgan fingerprint density at radius 2 is 1.81 bits per heavy atom. The first kappa shape index (κ1) is 10.8. The van der Waals surface area contributed by atoms with E-state index in [1.54, 1.807) is 11.1 Å². The van der Waals surface area contributed by atoms with Crippen LogP contribution in [0.5, 0.6) is 0 Å². The summed E-state index contributed by atoms with van der Waals surface area (Å²) in [6.45, 7) is 5.88. The minimum Gasteiger partial charge on any atom is -0.381 e. The molecule has 2 aliphatic heterocycles. The maximum atomic E-state index is 5.56. The Balaban J connectivity index is 1.44. The van der Waals surface area contributed by atoms with Gasteiger partial charge in [-0.3, -0.25) is 0 Å². The second-order valence-corrected chi connectivity index (χ2v) is 5.59. The molecular formula is C14H23NO. The van der Waals surface area contributed by atoms with Crippen molar-refractivity contribution in [2.45, 2.75) is 38.5 Å². The first-order valence-corrected chi connectivity index (χ1v) is 6.91. The fourth-order valence-electron chi connectivity index (χ4n) is 3.09. The number of piperidine rings is 1. The minimum atomic E-state index is 0.809. The summed E-state index contributed by atoms with van der Waals surface area (Å²) in [7, 11) is 0. The van der Waals surface area contributed by atoms with E-state index in [-0.39, 0.29) is 0 Å². The fraction of sp³-hybridized carbons (Fsp3) is 0.857. The van der Waals surface area contributed by atoms with Crippen LogP contribution in [-0.2, 0) is 4.74 Å². The summed E-state index contributed by atoms with van der Waals surface area (Å²) in [5.74, 6) is 0.809. The number of hydrogen-bond donors (Lipinski definition) is 0. The number of hydrogen-bond acceptors (Lipinski definition) is 2. The maximum absolute atomic E-state index is 5.56. The topological polar surface area (TPSA) is 12.5 Å². The van der Waals surface area contributed by atoms with E-state index in [2.05, 4.69) is 4.90 Å². The van der Waals surface area contributed by atoms with Crippen LogP contribution in [0.25, 0.3) is 0 Å². The molecular weight excluding hydrogens is 198 g/mol. The van der Waals surface area contributed by atoms with E-state index in [0.717, 1.165) is 19.1 Å². The number of rotatable bonds is 2. The van der Waals surface area contributed by atoms with Crippen LogP contribution in [0.15, 0.2) is 11.1 Å². The Morgan fingerprint density at radius 3 is 2.44 bits per heavy atom. The van der Waals surface area contributed by atoms with Crippen molar-refractivity contribution in [3.8, 4) is 0 Å². The minimum absolute atomic E-state index is 0.809. The molecule has 0 aromatic carbocycles. The summed E-state index contributed by atoms with van der Waals surface area (Å²) >= 11 is 0. The number of nitrogens with zero attached hydrogens (tertiary/aromatic N) is 1. The van der Waals surface area contributed by atoms with Gasteiger partial charge in [-0.15, -0.1) is 0 Å². The molecule has 1 saturated carbocycles. The molecule has 2 saturated heterocycles. The number of likely N-dealkylation sites (tertiary alicyclic amines) is 1. The number of allylic oxidation sites excluding steroid dienone is 1. The molecule has 1 aliphatic carbocycles.